The molecule has 8 heteroatoms. The third-order valence-corrected chi connectivity index (χ3v) is 4.82. The third kappa shape index (κ3) is 2.93. The van der Waals surface area contributed by atoms with Crippen molar-refractivity contribution in [3.63, 3.8) is 0 Å². The van der Waals surface area contributed by atoms with Gasteiger partial charge in [-0.05, 0) is 53.5 Å². The summed E-state index contributed by atoms with van der Waals surface area (Å²) in [5, 5.41) is 13.5. The molecule has 0 aliphatic carbocycles. The van der Waals surface area contributed by atoms with Crippen LogP contribution < -0.4 is 0 Å². The molecular weight excluding hydrogens is 381 g/mol. The zero-order valence-corrected chi connectivity index (χ0v) is 14.5. The van der Waals surface area contributed by atoms with E-state index in [0.717, 1.165) is 0 Å². The van der Waals surface area contributed by atoms with Gasteiger partial charge in [0.15, 0.2) is 5.69 Å². The lowest BCUT2D eigenvalue weighted by molar-refractivity contribution is -0.147. The molecule has 0 bridgehead atoms. The van der Waals surface area contributed by atoms with Gasteiger partial charge < -0.3 is 10.0 Å². The van der Waals surface area contributed by atoms with Gasteiger partial charge in [0.25, 0.3) is 5.91 Å². The minimum Gasteiger partial charge on any atom is -0.481 e. The summed E-state index contributed by atoms with van der Waals surface area (Å²) in [6.07, 6.45) is 2.03. The molecule has 0 radical (unpaired) electrons. The van der Waals surface area contributed by atoms with Crippen LogP contribution in [0.3, 0.4) is 0 Å². The van der Waals surface area contributed by atoms with Gasteiger partial charge in [-0.25, -0.2) is 9.07 Å². The van der Waals surface area contributed by atoms with Crippen LogP contribution in [0.15, 0.2) is 34.9 Å². The Kier molecular flexibility index (Phi) is 4.16. The Hall–Kier alpha value is -2.22. The summed E-state index contributed by atoms with van der Waals surface area (Å²) in [4.78, 5) is 25.5. The number of hydrogen-bond donors (Lipinski definition) is 1. The molecule has 1 amide bonds. The van der Waals surface area contributed by atoms with Crippen LogP contribution in [0.2, 0.25) is 0 Å². The molecule has 0 saturated carbocycles. The molecule has 2 heterocycles. The lowest BCUT2D eigenvalue weighted by atomic mass is 9.90. The second-order valence-electron chi connectivity index (χ2n) is 6.09. The zero-order chi connectivity index (χ0) is 17.5. The summed E-state index contributed by atoms with van der Waals surface area (Å²) in [5.74, 6) is -1.59. The molecule has 1 fully saturated rings. The number of nitrogens with zero attached hydrogens (tertiary/aromatic N) is 3. The molecule has 1 aliphatic rings. The van der Waals surface area contributed by atoms with Gasteiger partial charge in [-0.2, -0.15) is 5.10 Å². The van der Waals surface area contributed by atoms with Crippen LogP contribution in [0.1, 0.15) is 23.8 Å². The monoisotopic (exact) mass is 395 g/mol. The molecule has 1 N–H and O–H groups in total. The molecule has 1 aliphatic heterocycles. The number of halogens is 2. The third-order valence-electron chi connectivity index (χ3n) is 4.24. The fourth-order valence-corrected chi connectivity index (χ4v) is 3.13. The smallest absolute Gasteiger partial charge is 0.311 e. The number of amides is 1. The Labute approximate surface area is 146 Å². The number of hydrogen-bond acceptors (Lipinski definition) is 3. The lowest BCUT2D eigenvalue weighted by Gasteiger charge is -2.19. The van der Waals surface area contributed by atoms with Crippen molar-refractivity contribution in [2.45, 2.75) is 13.3 Å². The van der Waals surface area contributed by atoms with Gasteiger partial charge in [0, 0.05) is 19.3 Å². The van der Waals surface area contributed by atoms with E-state index in [2.05, 4.69) is 21.0 Å². The first-order chi connectivity index (χ1) is 11.3. The quantitative estimate of drug-likeness (QED) is 0.866. The predicted molar refractivity (Wildman–Crippen MR) is 87.5 cm³/mol. The topological polar surface area (TPSA) is 75.4 Å². The highest BCUT2D eigenvalue weighted by Gasteiger charge is 2.43. The molecule has 1 unspecified atom stereocenters. The number of aliphatic carboxylic acids is 1. The average molecular weight is 396 g/mol. The number of rotatable bonds is 3. The first-order valence-electron chi connectivity index (χ1n) is 7.34. The lowest BCUT2D eigenvalue weighted by Crippen LogP contribution is -2.35. The van der Waals surface area contributed by atoms with Gasteiger partial charge in [0.1, 0.15) is 5.82 Å². The van der Waals surface area contributed by atoms with E-state index in [4.69, 9.17) is 0 Å². The summed E-state index contributed by atoms with van der Waals surface area (Å²) in [6.45, 7) is 2.16. The first kappa shape index (κ1) is 16.6. The van der Waals surface area contributed by atoms with Crippen LogP contribution in [0, 0.1) is 11.2 Å². The molecule has 1 aromatic heterocycles. The average Bonchev–Trinajstić information content (AvgIpc) is 3.12. The summed E-state index contributed by atoms with van der Waals surface area (Å²) in [6, 6.07) is 5.73. The van der Waals surface area contributed by atoms with Crippen LogP contribution in [0.5, 0.6) is 0 Å². The van der Waals surface area contributed by atoms with E-state index in [1.807, 2.05) is 0 Å². The van der Waals surface area contributed by atoms with Crippen LogP contribution in [0.4, 0.5) is 4.39 Å². The van der Waals surface area contributed by atoms with E-state index < -0.39 is 11.4 Å². The van der Waals surface area contributed by atoms with Crippen molar-refractivity contribution in [2.75, 3.05) is 13.1 Å². The Morgan fingerprint density at radius 2 is 2.00 bits per heavy atom. The molecule has 1 saturated heterocycles. The summed E-state index contributed by atoms with van der Waals surface area (Å²) < 4.78 is 15.0. The van der Waals surface area contributed by atoms with Crippen molar-refractivity contribution in [2.24, 2.45) is 5.41 Å². The second-order valence-corrected chi connectivity index (χ2v) is 6.94. The van der Waals surface area contributed by atoms with Crippen LogP contribution in [-0.4, -0.2) is 44.8 Å². The van der Waals surface area contributed by atoms with Gasteiger partial charge in [0.05, 0.1) is 15.6 Å². The Morgan fingerprint density at radius 3 is 2.58 bits per heavy atom. The normalized spacial score (nSPS) is 20.4. The maximum atomic E-state index is 13.0. The van der Waals surface area contributed by atoms with Crippen molar-refractivity contribution in [1.29, 1.82) is 0 Å². The highest BCUT2D eigenvalue weighted by Crippen LogP contribution is 2.31. The molecule has 0 spiro atoms. The van der Waals surface area contributed by atoms with E-state index in [9.17, 15) is 19.1 Å². The Morgan fingerprint density at radius 1 is 1.33 bits per heavy atom. The van der Waals surface area contributed by atoms with Crippen LogP contribution in [0.25, 0.3) is 5.69 Å². The summed E-state index contributed by atoms with van der Waals surface area (Å²) >= 11 is 3.31. The number of benzene rings is 1. The van der Waals surface area contributed by atoms with E-state index in [-0.39, 0.29) is 24.0 Å². The number of carbonyl (C=O) groups excluding carboxylic acids is 1. The van der Waals surface area contributed by atoms with E-state index >= 15 is 0 Å². The standard InChI is InChI=1S/C16H15BrFN3O3/c1-16(15(23)24)6-7-20(9-16)14(22)13-12(17)8-21(19-13)11-4-2-10(18)3-5-11/h2-5,8H,6-7,9H2,1H3,(H,23,24). The van der Waals surface area contributed by atoms with E-state index in [1.54, 1.807) is 25.3 Å². The number of carboxylic acid groups (broad SMARTS) is 1. The number of likely N-dealkylation sites (tertiary alicyclic amines) is 1. The van der Waals surface area contributed by atoms with Crippen molar-refractivity contribution in [1.82, 2.24) is 14.7 Å². The fourth-order valence-electron chi connectivity index (χ4n) is 2.68. The molecule has 126 valence electrons. The van der Waals surface area contributed by atoms with Crippen LogP contribution in [-0.2, 0) is 4.79 Å². The fraction of sp³-hybridized carbons (Fsp3) is 0.312. The molecule has 6 nitrogen and oxygen atoms in total. The van der Waals surface area contributed by atoms with Gasteiger partial charge >= 0.3 is 5.97 Å². The Balaban J connectivity index is 1.84. The maximum Gasteiger partial charge on any atom is 0.311 e. The minimum absolute atomic E-state index is 0.150. The molecule has 24 heavy (non-hydrogen) atoms. The molecule has 1 aromatic carbocycles. The maximum absolute atomic E-state index is 13.0. The van der Waals surface area contributed by atoms with E-state index in [0.29, 0.717) is 23.1 Å². The van der Waals surface area contributed by atoms with Gasteiger partial charge in [-0.1, -0.05) is 0 Å². The SMILES string of the molecule is CC1(C(=O)O)CCN(C(=O)c2nn(-c3ccc(F)cc3)cc2Br)C1. The first-order valence-corrected chi connectivity index (χ1v) is 8.13. The van der Waals surface area contributed by atoms with Gasteiger partial charge in [-0.3, -0.25) is 9.59 Å². The largest absolute Gasteiger partial charge is 0.481 e. The minimum atomic E-state index is -0.929. The van der Waals surface area contributed by atoms with Crippen LogP contribution >= 0.6 is 15.9 Å². The molecule has 1 atom stereocenters. The Bertz CT molecular complexity index is 805. The van der Waals surface area contributed by atoms with Crippen molar-refractivity contribution >= 4 is 27.8 Å². The van der Waals surface area contributed by atoms with Gasteiger partial charge in [0.2, 0.25) is 0 Å². The van der Waals surface area contributed by atoms with Crippen molar-refractivity contribution in [3.8, 4) is 5.69 Å². The highest BCUT2D eigenvalue weighted by atomic mass is 79.9. The number of carbonyl (C=O) groups is 2. The van der Waals surface area contributed by atoms with Crippen molar-refractivity contribution in [3.05, 3.63) is 46.4 Å². The van der Waals surface area contributed by atoms with E-state index in [1.165, 1.54) is 21.7 Å². The molecular formula is C16H15BrFN3O3. The number of carboxylic acids is 1. The predicted octanol–water partition coefficient (Wildman–Crippen LogP) is 2.71. The summed E-state index contributed by atoms with van der Waals surface area (Å²) in [5.41, 5.74) is -0.108. The van der Waals surface area contributed by atoms with Crippen molar-refractivity contribution < 1.29 is 19.1 Å². The highest BCUT2D eigenvalue weighted by molar-refractivity contribution is 9.10. The summed E-state index contributed by atoms with van der Waals surface area (Å²) in [7, 11) is 0. The molecule has 2 aromatic rings. The number of aromatic nitrogens is 2. The second kappa shape index (κ2) is 6.01. The zero-order valence-electron chi connectivity index (χ0n) is 12.9. The molecule has 3 rings (SSSR count). The van der Waals surface area contributed by atoms with Gasteiger partial charge in [-0.15, -0.1) is 0 Å².